The standard InChI is InChI=1S/C13H20S/c1-11(2)7-12-5-3-4-6-13(12,8-11)10-14-9-12/h3-4H,5-10H2,1-2H3/t12-,13-/m1/s1. The molecule has 1 aliphatic heterocycles. The Labute approximate surface area is 91.5 Å². The quantitative estimate of drug-likeness (QED) is 0.544. The van der Waals surface area contributed by atoms with Crippen LogP contribution in [0.1, 0.15) is 39.5 Å². The van der Waals surface area contributed by atoms with Crippen molar-refractivity contribution in [3.63, 3.8) is 0 Å². The zero-order valence-corrected chi connectivity index (χ0v) is 10.1. The van der Waals surface area contributed by atoms with Gasteiger partial charge in [0.15, 0.2) is 0 Å². The second-order valence-electron chi connectivity index (χ2n) is 6.45. The van der Waals surface area contributed by atoms with Crippen LogP contribution in [-0.2, 0) is 0 Å². The fourth-order valence-corrected chi connectivity index (χ4v) is 6.37. The second kappa shape index (κ2) is 2.61. The normalized spacial score (nSPS) is 49.0. The van der Waals surface area contributed by atoms with Crippen molar-refractivity contribution < 1.29 is 0 Å². The van der Waals surface area contributed by atoms with Crippen LogP contribution in [0.5, 0.6) is 0 Å². The molecule has 2 fully saturated rings. The van der Waals surface area contributed by atoms with Crippen LogP contribution in [0.15, 0.2) is 12.2 Å². The van der Waals surface area contributed by atoms with E-state index in [0.29, 0.717) is 16.2 Å². The molecule has 0 amide bonds. The van der Waals surface area contributed by atoms with E-state index in [-0.39, 0.29) is 0 Å². The molecule has 0 spiro atoms. The van der Waals surface area contributed by atoms with Crippen LogP contribution in [-0.4, -0.2) is 11.5 Å². The van der Waals surface area contributed by atoms with E-state index in [1.807, 2.05) is 0 Å². The van der Waals surface area contributed by atoms with Gasteiger partial charge in [-0.1, -0.05) is 26.0 Å². The lowest BCUT2D eigenvalue weighted by molar-refractivity contribution is 0.131. The monoisotopic (exact) mass is 208 g/mol. The highest BCUT2D eigenvalue weighted by molar-refractivity contribution is 7.99. The third-order valence-corrected chi connectivity index (χ3v) is 6.21. The van der Waals surface area contributed by atoms with Crippen LogP contribution in [0.25, 0.3) is 0 Å². The molecule has 1 heterocycles. The van der Waals surface area contributed by atoms with Crippen LogP contribution in [0, 0.1) is 16.2 Å². The number of hydrogen-bond acceptors (Lipinski definition) is 1. The summed E-state index contributed by atoms with van der Waals surface area (Å²) in [5.74, 6) is 2.86. The van der Waals surface area contributed by atoms with Crippen molar-refractivity contribution in [2.45, 2.75) is 39.5 Å². The van der Waals surface area contributed by atoms with E-state index >= 15 is 0 Å². The first-order valence-corrected chi connectivity index (χ1v) is 6.96. The lowest BCUT2D eigenvalue weighted by Crippen LogP contribution is -2.37. The Morgan fingerprint density at radius 3 is 1.93 bits per heavy atom. The van der Waals surface area contributed by atoms with Gasteiger partial charge >= 0.3 is 0 Å². The predicted molar refractivity (Wildman–Crippen MR) is 63.6 cm³/mol. The van der Waals surface area contributed by atoms with Crippen LogP contribution in [0.3, 0.4) is 0 Å². The van der Waals surface area contributed by atoms with Gasteiger partial charge in [0.05, 0.1) is 0 Å². The Kier molecular flexibility index (Phi) is 1.74. The molecule has 1 saturated heterocycles. The molecule has 3 aliphatic rings. The average molecular weight is 208 g/mol. The first-order chi connectivity index (χ1) is 6.58. The van der Waals surface area contributed by atoms with Crippen molar-refractivity contribution in [1.29, 1.82) is 0 Å². The van der Waals surface area contributed by atoms with Crippen LogP contribution in [0.2, 0.25) is 0 Å². The van der Waals surface area contributed by atoms with Gasteiger partial charge in [-0.05, 0) is 53.4 Å². The van der Waals surface area contributed by atoms with Crippen LogP contribution in [0.4, 0.5) is 0 Å². The highest BCUT2D eigenvalue weighted by Gasteiger charge is 2.62. The van der Waals surface area contributed by atoms with Gasteiger partial charge in [-0.3, -0.25) is 0 Å². The third kappa shape index (κ3) is 1.02. The largest absolute Gasteiger partial charge is 0.161 e. The van der Waals surface area contributed by atoms with Gasteiger partial charge in [-0.25, -0.2) is 0 Å². The Morgan fingerprint density at radius 1 is 0.929 bits per heavy atom. The molecule has 0 N–H and O–H groups in total. The first kappa shape index (κ1) is 9.33. The summed E-state index contributed by atoms with van der Waals surface area (Å²) in [6.45, 7) is 4.95. The molecule has 1 saturated carbocycles. The Morgan fingerprint density at radius 2 is 1.43 bits per heavy atom. The molecular formula is C13H20S. The lowest BCUT2D eigenvalue weighted by atomic mass is 9.62. The second-order valence-corrected chi connectivity index (χ2v) is 7.44. The summed E-state index contributed by atoms with van der Waals surface area (Å²) in [5.41, 5.74) is 1.98. The van der Waals surface area contributed by atoms with Crippen LogP contribution < -0.4 is 0 Å². The minimum absolute atomic E-state index is 0.604. The Balaban J connectivity index is 2.05. The zero-order valence-electron chi connectivity index (χ0n) is 9.31. The van der Waals surface area contributed by atoms with E-state index in [4.69, 9.17) is 0 Å². The van der Waals surface area contributed by atoms with Crippen LogP contribution >= 0.6 is 11.8 Å². The SMILES string of the molecule is CC1(C)C[C@@]23CC=CC[C@]2(CSC3)C1. The van der Waals surface area contributed by atoms with E-state index in [0.717, 1.165) is 0 Å². The molecule has 1 heteroatoms. The first-order valence-electron chi connectivity index (χ1n) is 5.81. The smallest absolute Gasteiger partial charge is 0.000168 e. The number of thioether (sulfide) groups is 1. The van der Waals surface area contributed by atoms with Crippen molar-refractivity contribution in [1.82, 2.24) is 0 Å². The molecule has 3 rings (SSSR count). The van der Waals surface area contributed by atoms with Gasteiger partial charge in [0.2, 0.25) is 0 Å². The molecule has 14 heavy (non-hydrogen) atoms. The number of hydrogen-bond donors (Lipinski definition) is 0. The summed E-state index contributed by atoms with van der Waals surface area (Å²) < 4.78 is 0. The van der Waals surface area contributed by atoms with E-state index in [1.54, 1.807) is 0 Å². The van der Waals surface area contributed by atoms with Gasteiger partial charge in [-0.15, -0.1) is 0 Å². The third-order valence-electron chi connectivity index (χ3n) is 4.70. The molecule has 0 nitrogen and oxygen atoms in total. The molecule has 0 aromatic rings. The van der Waals surface area contributed by atoms with E-state index in [2.05, 4.69) is 37.8 Å². The fourth-order valence-electron chi connectivity index (χ4n) is 4.43. The fraction of sp³-hybridized carbons (Fsp3) is 0.846. The highest BCUT2D eigenvalue weighted by atomic mass is 32.2. The van der Waals surface area contributed by atoms with Gasteiger partial charge in [0, 0.05) is 0 Å². The van der Waals surface area contributed by atoms with Gasteiger partial charge in [-0.2, -0.15) is 11.8 Å². The molecule has 0 aromatic carbocycles. The molecule has 0 unspecified atom stereocenters. The van der Waals surface area contributed by atoms with Crippen molar-refractivity contribution in [2.75, 3.05) is 11.5 Å². The van der Waals surface area contributed by atoms with Gasteiger partial charge < -0.3 is 0 Å². The van der Waals surface area contributed by atoms with Crippen molar-refractivity contribution >= 4 is 11.8 Å². The molecule has 78 valence electrons. The highest BCUT2D eigenvalue weighted by Crippen LogP contribution is 2.70. The zero-order chi connectivity index (χ0) is 9.86. The molecule has 0 radical (unpaired) electrons. The Hall–Kier alpha value is 0.0900. The minimum atomic E-state index is 0.604. The van der Waals surface area contributed by atoms with E-state index in [9.17, 15) is 0 Å². The maximum atomic E-state index is 2.48. The molecule has 2 atom stereocenters. The number of allylic oxidation sites excluding steroid dienone is 2. The molecule has 2 aliphatic carbocycles. The predicted octanol–water partition coefficient (Wildman–Crippen LogP) is 3.88. The van der Waals surface area contributed by atoms with Crippen molar-refractivity contribution in [2.24, 2.45) is 16.2 Å². The summed E-state index contributed by atoms with van der Waals surface area (Å²) in [6.07, 6.45) is 10.6. The van der Waals surface area contributed by atoms with E-state index < -0.39 is 0 Å². The number of rotatable bonds is 0. The Bertz CT molecular complexity index is 266. The molecule has 0 aromatic heterocycles. The summed E-state index contributed by atoms with van der Waals surface area (Å²) in [6, 6.07) is 0. The topological polar surface area (TPSA) is 0 Å². The maximum Gasteiger partial charge on any atom is -0.000168 e. The van der Waals surface area contributed by atoms with E-state index in [1.165, 1.54) is 37.2 Å². The van der Waals surface area contributed by atoms with Crippen molar-refractivity contribution in [3.05, 3.63) is 12.2 Å². The summed E-state index contributed by atoms with van der Waals surface area (Å²) in [4.78, 5) is 0. The lowest BCUT2D eigenvalue weighted by Gasteiger charge is -2.41. The summed E-state index contributed by atoms with van der Waals surface area (Å²) >= 11 is 2.21. The molecule has 0 bridgehead atoms. The van der Waals surface area contributed by atoms with Gasteiger partial charge in [0.25, 0.3) is 0 Å². The average Bonchev–Trinajstić information content (AvgIpc) is 2.50. The summed E-state index contributed by atoms with van der Waals surface area (Å²) in [7, 11) is 0. The van der Waals surface area contributed by atoms with Crippen molar-refractivity contribution in [3.8, 4) is 0 Å². The summed E-state index contributed by atoms with van der Waals surface area (Å²) in [5, 5.41) is 0. The minimum Gasteiger partial charge on any atom is -0.161 e. The van der Waals surface area contributed by atoms with Gasteiger partial charge in [0.1, 0.15) is 0 Å². The molecular weight excluding hydrogens is 188 g/mol. The maximum absolute atomic E-state index is 2.48.